The predicted octanol–water partition coefficient (Wildman–Crippen LogP) is 6.29. The van der Waals surface area contributed by atoms with E-state index in [1.807, 2.05) is 6.07 Å². The standard InChI is InChI=1S/C21H18S/c1-17-12-14-20(15-13-17)22-21(19-10-6-3-7-11-19)16-18-8-4-2-5-9-18/h2-16H,1H3/b21-16+. The van der Waals surface area contributed by atoms with E-state index in [2.05, 4.69) is 91.9 Å². The summed E-state index contributed by atoms with van der Waals surface area (Å²) in [5, 5.41) is 0. The van der Waals surface area contributed by atoms with E-state index in [-0.39, 0.29) is 0 Å². The zero-order chi connectivity index (χ0) is 15.2. The molecule has 0 saturated heterocycles. The van der Waals surface area contributed by atoms with Crippen LogP contribution in [0.25, 0.3) is 11.0 Å². The largest absolute Gasteiger partial charge is 0.0895 e. The Morgan fingerprint density at radius 3 is 1.95 bits per heavy atom. The third kappa shape index (κ3) is 3.90. The molecule has 0 amide bonds. The molecule has 0 heterocycles. The Morgan fingerprint density at radius 1 is 0.727 bits per heavy atom. The van der Waals surface area contributed by atoms with Crippen molar-refractivity contribution >= 4 is 22.7 Å². The van der Waals surface area contributed by atoms with Crippen LogP contribution in [0.4, 0.5) is 0 Å². The van der Waals surface area contributed by atoms with Crippen LogP contribution in [-0.2, 0) is 0 Å². The van der Waals surface area contributed by atoms with Crippen LogP contribution in [0.1, 0.15) is 16.7 Å². The summed E-state index contributed by atoms with van der Waals surface area (Å²) in [7, 11) is 0. The average molecular weight is 302 g/mol. The highest BCUT2D eigenvalue weighted by atomic mass is 32.2. The fourth-order valence-electron chi connectivity index (χ4n) is 2.21. The van der Waals surface area contributed by atoms with Crippen LogP contribution in [0.15, 0.2) is 89.8 Å². The predicted molar refractivity (Wildman–Crippen MR) is 97.8 cm³/mol. The average Bonchev–Trinajstić information content (AvgIpc) is 2.58. The summed E-state index contributed by atoms with van der Waals surface area (Å²) >= 11 is 1.81. The van der Waals surface area contributed by atoms with E-state index >= 15 is 0 Å². The first-order valence-corrected chi connectivity index (χ1v) is 8.19. The van der Waals surface area contributed by atoms with Crippen molar-refractivity contribution in [2.24, 2.45) is 0 Å². The molecular weight excluding hydrogens is 284 g/mol. The molecule has 0 spiro atoms. The Hall–Kier alpha value is -2.25. The summed E-state index contributed by atoms with van der Waals surface area (Å²) in [5.41, 5.74) is 3.76. The first kappa shape index (κ1) is 14.7. The molecule has 22 heavy (non-hydrogen) atoms. The molecule has 3 aromatic rings. The van der Waals surface area contributed by atoms with Crippen LogP contribution in [-0.4, -0.2) is 0 Å². The van der Waals surface area contributed by atoms with Gasteiger partial charge < -0.3 is 0 Å². The van der Waals surface area contributed by atoms with Crippen molar-refractivity contribution in [1.29, 1.82) is 0 Å². The van der Waals surface area contributed by atoms with Crippen LogP contribution in [0.2, 0.25) is 0 Å². The van der Waals surface area contributed by atoms with Gasteiger partial charge in [0.2, 0.25) is 0 Å². The molecule has 108 valence electrons. The minimum Gasteiger partial charge on any atom is -0.0895 e. The maximum absolute atomic E-state index is 2.25. The lowest BCUT2D eigenvalue weighted by Crippen LogP contribution is -1.82. The van der Waals surface area contributed by atoms with Gasteiger partial charge in [-0.25, -0.2) is 0 Å². The van der Waals surface area contributed by atoms with Crippen LogP contribution >= 0.6 is 11.8 Å². The highest BCUT2D eigenvalue weighted by molar-refractivity contribution is 8.08. The fourth-order valence-corrected chi connectivity index (χ4v) is 3.18. The Labute approximate surface area is 136 Å². The van der Waals surface area contributed by atoms with Gasteiger partial charge in [-0.1, -0.05) is 90.1 Å². The summed E-state index contributed by atoms with van der Waals surface area (Å²) in [6.07, 6.45) is 2.25. The first-order chi connectivity index (χ1) is 10.8. The fraction of sp³-hybridized carbons (Fsp3) is 0.0476. The Kier molecular flexibility index (Phi) is 4.77. The van der Waals surface area contributed by atoms with Crippen LogP contribution in [0.5, 0.6) is 0 Å². The minimum atomic E-state index is 1.22. The zero-order valence-electron chi connectivity index (χ0n) is 12.6. The van der Waals surface area contributed by atoms with Gasteiger partial charge in [-0.15, -0.1) is 0 Å². The SMILES string of the molecule is Cc1ccc(S/C(=C/c2ccccc2)c2ccccc2)cc1. The van der Waals surface area contributed by atoms with Crippen molar-refractivity contribution in [3.63, 3.8) is 0 Å². The molecule has 0 N–H and O–H groups in total. The number of hydrogen-bond donors (Lipinski definition) is 0. The highest BCUT2D eigenvalue weighted by Gasteiger charge is 2.04. The zero-order valence-corrected chi connectivity index (χ0v) is 13.4. The van der Waals surface area contributed by atoms with Gasteiger partial charge in [0.05, 0.1) is 0 Å². The molecule has 0 nitrogen and oxygen atoms in total. The molecule has 3 rings (SSSR count). The van der Waals surface area contributed by atoms with Crippen molar-refractivity contribution in [1.82, 2.24) is 0 Å². The van der Waals surface area contributed by atoms with Crippen molar-refractivity contribution in [3.8, 4) is 0 Å². The molecule has 0 atom stereocenters. The number of rotatable bonds is 4. The molecule has 3 aromatic carbocycles. The van der Waals surface area contributed by atoms with Crippen LogP contribution < -0.4 is 0 Å². The molecule has 0 aliphatic heterocycles. The van der Waals surface area contributed by atoms with Gasteiger partial charge in [-0.3, -0.25) is 0 Å². The Morgan fingerprint density at radius 2 is 1.32 bits per heavy atom. The third-order valence-electron chi connectivity index (χ3n) is 3.40. The normalized spacial score (nSPS) is 11.4. The quantitative estimate of drug-likeness (QED) is 0.403. The lowest BCUT2D eigenvalue weighted by atomic mass is 10.1. The molecule has 0 bridgehead atoms. The summed E-state index contributed by atoms with van der Waals surface area (Å²) in [4.78, 5) is 2.52. The van der Waals surface area contributed by atoms with Crippen molar-refractivity contribution in [3.05, 3.63) is 102 Å². The van der Waals surface area contributed by atoms with Gasteiger partial charge in [0.25, 0.3) is 0 Å². The van der Waals surface area contributed by atoms with Gasteiger partial charge in [0, 0.05) is 9.80 Å². The molecule has 0 unspecified atom stereocenters. The molecule has 0 fully saturated rings. The van der Waals surface area contributed by atoms with Crippen molar-refractivity contribution in [2.75, 3.05) is 0 Å². The first-order valence-electron chi connectivity index (χ1n) is 7.38. The lowest BCUT2D eigenvalue weighted by Gasteiger charge is -2.08. The molecule has 0 aliphatic rings. The van der Waals surface area contributed by atoms with E-state index in [4.69, 9.17) is 0 Å². The number of thioether (sulfide) groups is 1. The minimum absolute atomic E-state index is 1.22. The maximum Gasteiger partial charge on any atom is 0.0200 e. The molecule has 0 saturated carbocycles. The number of aryl methyl sites for hydroxylation is 1. The lowest BCUT2D eigenvalue weighted by molar-refractivity contribution is 1.38. The summed E-state index contributed by atoms with van der Waals surface area (Å²) in [5.74, 6) is 0. The molecule has 0 aromatic heterocycles. The molecular formula is C21H18S. The Balaban J connectivity index is 1.96. The van der Waals surface area contributed by atoms with E-state index in [1.54, 1.807) is 11.8 Å². The summed E-state index contributed by atoms with van der Waals surface area (Å²) in [6.45, 7) is 2.12. The van der Waals surface area contributed by atoms with Crippen molar-refractivity contribution < 1.29 is 0 Å². The molecule has 1 heteroatoms. The van der Waals surface area contributed by atoms with E-state index in [0.717, 1.165) is 0 Å². The second kappa shape index (κ2) is 7.15. The maximum atomic E-state index is 2.25. The monoisotopic (exact) mass is 302 g/mol. The van der Waals surface area contributed by atoms with Crippen LogP contribution in [0.3, 0.4) is 0 Å². The van der Waals surface area contributed by atoms with Gasteiger partial charge >= 0.3 is 0 Å². The van der Waals surface area contributed by atoms with E-state index in [1.165, 1.54) is 26.5 Å². The molecule has 0 radical (unpaired) electrons. The van der Waals surface area contributed by atoms with Crippen LogP contribution in [0, 0.1) is 6.92 Å². The van der Waals surface area contributed by atoms with E-state index in [0.29, 0.717) is 0 Å². The van der Waals surface area contributed by atoms with Gasteiger partial charge in [0.1, 0.15) is 0 Å². The number of benzene rings is 3. The van der Waals surface area contributed by atoms with E-state index in [9.17, 15) is 0 Å². The molecule has 0 aliphatic carbocycles. The number of hydrogen-bond acceptors (Lipinski definition) is 1. The van der Waals surface area contributed by atoms with E-state index < -0.39 is 0 Å². The second-order valence-electron chi connectivity index (χ2n) is 5.20. The third-order valence-corrected chi connectivity index (χ3v) is 4.49. The highest BCUT2D eigenvalue weighted by Crippen LogP contribution is 2.35. The Bertz CT molecular complexity index is 741. The van der Waals surface area contributed by atoms with Crippen molar-refractivity contribution in [2.45, 2.75) is 11.8 Å². The van der Waals surface area contributed by atoms with Gasteiger partial charge in [-0.05, 0) is 36.3 Å². The summed E-state index contributed by atoms with van der Waals surface area (Å²) in [6, 6.07) is 29.7. The summed E-state index contributed by atoms with van der Waals surface area (Å²) < 4.78 is 0. The topological polar surface area (TPSA) is 0 Å². The van der Waals surface area contributed by atoms with Gasteiger partial charge in [0.15, 0.2) is 0 Å². The van der Waals surface area contributed by atoms with Gasteiger partial charge in [-0.2, -0.15) is 0 Å². The second-order valence-corrected chi connectivity index (χ2v) is 6.32. The smallest absolute Gasteiger partial charge is 0.0200 e.